The molecule has 20 heavy (non-hydrogen) atoms. The molecule has 1 saturated heterocycles. The third-order valence-corrected chi connectivity index (χ3v) is 7.16. The van der Waals surface area contributed by atoms with Gasteiger partial charge in [0.25, 0.3) is 0 Å². The molecule has 0 amide bonds. The maximum absolute atomic E-state index is 12.4. The number of rotatable bonds is 3. The van der Waals surface area contributed by atoms with E-state index < -0.39 is 25.4 Å². The fraction of sp³-hybridized carbons (Fsp3) is 0.700. The highest BCUT2D eigenvalue weighted by Crippen LogP contribution is 2.28. The summed E-state index contributed by atoms with van der Waals surface area (Å²) in [5.41, 5.74) is 5.02. The van der Waals surface area contributed by atoms with E-state index in [1.165, 1.54) is 4.68 Å². The molecule has 2 heterocycles. The second kappa shape index (κ2) is 4.43. The normalized spacial score (nSPS) is 25.9. The molecule has 1 aromatic heterocycles. The average Bonchev–Trinajstić information content (AvgIpc) is 2.63. The van der Waals surface area contributed by atoms with Gasteiger partial charge in [0.2, 0.25) is 10.0 Å². The minimum atomic E-state index is -3.92. The van der Waals surface area contributed by atoms with Gasteiger partial charge in [0.15, 0.2) is 15.7 Å². The highest BCUT2D eigenvalue weighted by molar-refractivity contribution is 7.92. The molecule has 114 valence electrons. The Morgan fingerprint density at radius 2 is 2.05 bits per heavy atom. The van der Waals surface area contributed by atoms with Gasteiger partial charge in [-0.3, -0.25) is 4.68 Å². The van der Waals surface area contributed by atoms with Gasteiger partial charge in [0, 0.05) is 12.6 Å². The van der Waals surface area contributed by atoms with Crippen LogP contribution in [0, 0.1) is 6.92 Å². The Hall–Kier alpha value is -1.13. The van der Waals surface area contributed by atoms with Crippen LogP contribution in [0.25, 0.3) is 0 Å². The van der Waals surface area contributed by atoms with E-state index in [9.17, 15) is 16.8 Å². The third-order valence-electron chi connectivity index (χ3n) is 3.46. The van der Waals surface area contributed by atoms with E-state index in [0.29, 0.717) is 5.69 Å². The first-order chi connectivity index (χ1) is 8.96. The van der Waals surface area contributed by atoms with Crippen LogP contribution in [0.1, 0.15) is 19.0 Å². The van der Waals surface area contributed by atoms with Gasteiger partial charge in [-0.1, -0.05) is 0 Å². The first-order valence-corrected chi connectivity index (χ1v) is 9.30. The summed E-state index contributed by atoms with van der Waals surface area (Å²) in [4.78, 5) is -0.0921. The molecule has 1 aromatic rings. The number of sulfone groups is 1. The quantitative estimate of drug-likeness (QED) is 0.748. The number of anilines is 1. The number of nitrogens with one attached hydrogen (secondary N) is 1. The lowest BCUT2D eigenvalue weighted by Crippen LogP contribution is -2.47. The van der Waals surface area contributed by atoms with Crippen molar-refractivity contribution in [2.45, 2.75) is 30.7 Å². The summed E-state index contributed by atoms with van der Waals surface area (Å²) in [5.74, 6) is -0.326. The Morgan fingerprint density at radius 3 is 2.45 bits per heavy atom. The first kappa shape index (κ1) is 15.3. The summed E-state index contributed by atoms with van der Waals surface area (Å²) in [6.45, 7) is 3.17. The predicted octanol–water partition coefficient (Wildman–Crippen LogP) is -0.834. The number of sulfonamides is 1. The summed E-state index contributed by atoms with van der Waals surface area (Å²) < 4.78 is 51.7. The van der Waals surface area contributed by atoms with Gasteiger partial charge in [0.1, 0.15) is 4.90 Å². The van der Waals surface area contributed by atoms with Crippen LogP contribution in [0.5, 0.6) is 0 Å². The number of nitrogen functional groups attached to an aromatic ring is 1. The topological polar surface area (TPSA) is 124 Å². The van der Waals surface area contributed by atoms with Gasteiger partial charge in [0.05, 0.1) is 17.2 Å². The molecule has 0 saturated carbocycles. The molecule has 1 fully saturated rings. The Labute approximate surface area is 118 Å². The van der Waals surface area contributed by atoms with Crippen molar-refractivity contribution in [3.63, 3.8) is 0 Å². The Morgan fingerprint density at radius 1 is 1.45 bits per heavy atom. The smallest absolute Gasteiger partial charge is 0.246 e. The minimum Gasteiger partial charge on any atom is -0.381 e. The number of hydrogen-bond donors (Lipinski definition) is 2. The summed E-state index contributed by atoms with van der Waals surface area (Å²) in [6.07, 6.45) is 0.244. The van der Waals surface area contributed by atoms with Crippen LogP contribution < -0.4 is 10.5 Å². The van der Waals surface area contributed by atoms with Crippen LogP contribution in [0.3, 0.4) is 0 Å². The van der Waals surface area contributed by atoms with Gasteiger partial charge in [-0.15, -0.1) is 0 Å². The van der Waals surface area contributed by atoms with Gasteiger partial charge < -0.3 is 5.73 Å². The van der Waals surface area contributed by atoms with Crippen molar-refractivity contribution in [2.24, 2.45) is 7.05 Å². The van der Waals surface area contributed by atoms with Crippen LogP contribution in [-0.4, -0.2) is 43.7 Å². The molecular weight excluding hydrogens is 304 g/mol. The first-order valence-electron chi connectivity index (χ1n) is 5.99. The molecule has 1 aliphatic rings. The molecule has 10 heteroatoms. The zero-order valence-corrected chi connectivity index (χ0v) is 13.2. The van der Waals surface area contributed by atoms with Crippen molar-refractivity contribution in [1.82, 2.24) is 14.5 Å². The summed E-state index contributed by atoms with van der Waals surface area (Å²) in [7, 11) is -5.53. The van der Waals surface area contributed by atoms with Gasteiger partial charge in [-0.2, -0.15) is 5.10 Å². The number of nitrogens with two attached hydrogens (primary N) is 1. The fourth-order valence-electron chi connectivity index (χ4n) is 2.41. The molecule has 0 aliphatic carbocycles. The highest BCUT2D eigenvalue weighted by Gasteiger charge is 2.42. The van der Waals surface area contributed by atoms with Gasteiger partial charge >= 0.3 is 0 Å². The molecule has 0 aromatic carbocycles. The Balaban J connectivity index is 2.38. The van der Waals surface area contributed by atoms with Crippen molar-refractivity contribution in [3.8, 4) is 0 Å². The molecule has 0 radical (unpaired) electrons. The predicted molar refractivity (Wildman–Crippen MR) is 74.4 cm³/mol. The minimum absolute atomic E-state index is 0.0203. The number of aryl methyl sites for hydroxylation is 1. The largest absolute Gasteiger partial charge is 0.381 e. The number of aromatic nitrogens is 2. The van der Waals surface area contributed by atoms with Crippen LogP contribution in [-0.2, 0) is 26.9 Å². The van der Waals surface area contributed by atoms with E-state index in [1.807, 2.05) is 0 Å². The monoisotopic (exact) mass is 322 g/mol. The molecule has 0 spiro atoms. The highest BCUT2D eigenvalue weighted by atomic mass is 32.2. The van der Waals surface area contributed by atoms with Crippen molar-refractivity contribution < 1.29 is 16.8 Å². The molecule has 2 rings (SSSR count). The molecule has 1 aliphatic heterocycles. The molecule has 1 unspecified atom stereocenters. The zero-order valence-electron chi connectivity index (χ0n) is 11.5. The summed E-state index contributed by atoms with van der Waals surface area (Å²) in [6, 6.07) is 0. The van der Waals surface area contributed by atoms with Crippen LogP contribution in [0.15, 0.2) is 4.90 Å². The third kappa shape index (κ3) is 2.67. The summed E-state index contributed by atoms with van der Waals surface area (Å²) in [5, 5.41) is 3.86. The molecule has 3 N–H and O–H groups in total. The van der Waals surface area contributed by atoms with Crippen molar-refractivity contribution in [3.05, 3.63) is 5.69 Å². The van der Waals surface area contributed by atoms with E-state index in [-0.39, 0.29) is 28.6 Å². The standard InChI is InChI=1S/C10H18N4O4S2/c1-7-8(9(11)12-14(7)3)20(17,18)13-10(2)4-5-19(15,16)6-10/h13H,4-6H2,1-3H3,(H2,11,12). The Kier molecular flexibility index (Phi) is 3.38. The number of hydrogen-bond acceptors (Lipinski definition) is 6. The lowest BCUT2D eigenvalue weighted by Gasteiger charge is -2.23. The lowest BCUT2D eigenvalue weighted by atomic mass is 10.0. The molecule has 8 nitrogen and oxygen atoms in total. The van der Waals surface area contributed by atoms with Crippen molar-refractivity contribution in [1.29, 1.82) is 0 Å². The van der Waals surface area contributed by atoms with Crippen LogP contribution >= 0.6 is 0 Å². The molecule has 1 atom stereocenters. The van der Waals surface area contributed by atoms with Crippen molar-refractivity contribution in [2.75, 3.05) is 17.2 Å². The van der Waals surface area contributed by atoms with E-state index in [0.717, 1.165) is 0 Å². The van der Waals surface area contributed by atoms with E-state index >= 15 is 0 Å². The number of nitrogens with zero attached hydrogens (tertiary/aromatic N) is 2. The van der Waals surface area contributed by atoms with Crippen LogP contribution in [0.2, 0.25) is 0 Å². The van der Waals surface area contributed by atoms with E-state index in [1.54, 1.807) is 20.9 Å². The SMILES string of the molecule is Cc1c(S(=O)(=O)NC2(C)CCS(=O)(=O)C2)c(N)nn1C. The van der Waals surface area contributed by atoms with Gasteiger partial charge in [-0.05, 0) is 20.3 Å². The summed E-state index contributed by atoms with van der Waals surface area (Å²) >= 11 is 0. The average molecular weight is 322 g/mol. The van der Waals surface area contributed by atoms with E-state index in [2.05, 4.69) is 9.82 Å². The van der Waals surface area contributed by atoms with Crippen LogP contribution in [0.4, 0.5) is 5.82 Å². The van der Waals surface area contributed by atoms with E-state index in [4.69, 9.17) is 5.73 Å². The molecule has 0 bridgehead atoms. The molecular formula is C10H18N4O4S2. The second-order valence-electron chi connectivity index (χ2n) is 5.43. The zero-order chi connectivity index (χ0) is 15.3. The van der Waals surface area contributed by atoms with Crippen molar-refractivity contribution >= 4 is 25.7 Å². The maximum atomic E-state index is 12.4. The lowest BCUT2D eigenvalue weighted by molar-refractivity contribution is 0.461. The fourth-order valence-corrected chi connectivity index (χ4v) is 6.36. The maximum Gasteiger partial charge on any atom is 0.246 e. The second-order valence-corrected chi connectivity index (χ2v) is 9.23. The van der Waals surface area contributed by atoms with Gasteiger partial charge in [-0.25, -0.2) is 21.6 Å². The Bertz CT molecular complexity index is 750.